The van der Waals surface area contributed by atoms with Gasteiger partial charge in [-0.25, -0.2) is 9.78 Å². The molecule has 2 aromatic rings. The Hall–Kier alpha value is -2.04. The number of likely N-dealkylation sites (tertiary alicyclic amines) is 1. The lowest BCUT2D eigenvalue weighted by molar-refractivity contribution is 0.0967. The van der Waals surface area contributed by atoms with Gasteiger partial charge in [0, 0.05) is 19.0 Å². The molecular formula is C16H21N3O2. The summed E-state index contributed by atoms with van der Waals surface area (Å²) in [4.78, 5) is 21.6. The highest BCUT2D eigenvalue weighted by atomic mass is 16.6. The third-order valence-corrected chi connectivity index (χ3v) is 4.06. The number of hydrogen-bond donors (Lipinski definition) is 1. The summed E-state index contributed by atoms with van der Waals surface area (Å²) in [5.74, 6) is 1.43. The first-order chi connectivity index (χ1) is 10.2. The monoisotopic (exact) mass is 287 g/mol. The molecule has 1 amide bonds. The average Bonchev–Trinajstić information content (AvgIpc) is 2.90. The maximum atomic E-state index is 11.7. The van der Waals surface area contributed by atoms with Gasteiger partial charge in [0.05, 0.1) is 17.6 Å². The molecule has 0 saturated carbocycles. The molecule has 0 unspecified atom stereocenters. The predicted molar refractivity (Wildman–Crippen MR) is 81.4 cm³/mol. The Morgan fingerprint density at radius 3 is 2.90 bits per heavy atom. The Balaban J connectivity index is 1.69. The van der Waals surface area contributed by atoms with Crippen LogP contribution in [0.5, 0.6) is 0 Å². The number of fused-ring (bicyclic) bond motifs is 1. The molecule has 0 spiro atoms. The number of carbonyl (C=O) groups is 1. The second-order valence-electron chi connectivity index (χ2n) is 5.60. The van der Waals surface area contributed by atoms with Crippen molar-refractivity contribution in [1.29, 1.82) is 0 Å². The average molecular weight is 287 g/mol. The summed E-state index contributed by atoms with van der Waals surface area (Å²) >= 11 is 0. The first kappa shape index (κ1) is 13.9. The van der Waals surface area contributed by atoms with Gasteiger partial charge in [-0.3, -0.25) is 0 Å². The highest BCUT2D eigenvalue weighted by molar-refractivity contribution is 5.76. The summed E-state index contributed by atoms with van der Waals surface area (Å²) in [6.07, 6.45) is 1.66. The van der Waals surface area contributed by atoms with E-state index in [2.05, 4.69) is 30.1 Å². The van der Waals surface area contributed by atoms with Crippen LogP contribution in [0.3, 0.4) is 0 Å². The molecule has 1 saturated heterocycles. The van der Waals surface area contributed by atoms with Gasteiger partial charge in [-0.15, -0.1) is 0 Å². The van der Waals surface area contributed by atoms with Crippen LogP contribution in [0, 0.1) is 6.92 Å². The van der Waals surface area contributed by atoms with E-state index in [0.717, 1.165) is 42.8 Å². The van der Waals surface area contributed by atoms with Crippen LogP contribution in [0.2, 0.25) is 0 Å². The normalized spacial score (nSPS) is 16.4. The number of benzene rings is 1. The lowest BCUT2D eigenvalue weighted by Crippen LogP contribution is -2.38. The maximum absolute atomic E-state index is 11.7. The molecule has 1 fully saturated rings. The quantitative estimate of drug-likeness (QED) is 0.922. The number of aromatic amines is 1. The largest absolute Gasteiger partial charge is 0.450 e. The van der Waals surface area contributed by atoms with Gasteiger partial charge in [-0.1, -0.05) is 6.07 Å². The first-order valence-electron chi connectivity index (χ1n) is 7.55. The van der Waals surface area contributed by atoms with E-state index in [0.29, 0.717) is 12.5 Å². The molecule has 1 aliphatic heterocycles. The molecule has 21 heavy (non-hydrogen) atoms. The fourth-order valence-corrected chi connectivity index (χ4v) is 2.89. The topological polar surface area (TPSA) is 58.2 Å². The highest BCUT2D eigenvalue weighted by Gasteiger charge is 2.26. The third kappa shape index (κ3) is 2.86. The number of hydrogen-bond acceptors (Lipinski definition) is 3. The summed E-state index contributed by atoms with van der Waals surface area (Å²) in [7, 11) is 0. The van der Waals surface area contributed by atoms with Gasteiger partial charge in [0.15, 0.2) is 0 Å². The molecular weight excluding hydrogens is 266 g/mol. The van der Waals surface area contributed by atoms with E-state index in [1.54, 1.807) is 4.90 Å². The van der Waals surface area contributed by atoms with Crippen molar-refractivity contribution in [3.63, 3.8) is 0 Å². The van der Waals surface area contributed by atoms with Crippen LogP contribution >= 0.6 is 0 Å². The summed E-state index contributed by atoms with van der Waals surface area (Å²) in [5.41, 5.74) is 3.34. The van der Waals surface area contributed by atoms with Crippen molar-refractivity contribution in [2.45, 2.75) is 32.6 Å². The van der Waals surface area contributed by atoms with Crippen molar-refractivity contribution in [2.75, 3.05) is 19.7 Å². The second kappa shape index (κ2) is 5.76. The summed E-state index contributed by atoms with van der Waals surface area (Å²) < 4.78 is 5.05. The second-order valence-corrected chi connectivity index (χ2v) is 5.60. The van der Waals surface area contributed by atoms with E-state index >= 15 is 0 Å². The first-order valence-corrected chi connectivity index (χ1v) is 7.55. The molecule has 1 aromatic carbocycles. The Morgan fingerprint density at radius 1 is 1.43 bits per heavy atom. The zero-order chi connectivity index (χ0) is 14.8. The molecule has 0 radical (unpaired) electrons. The van der Waals surface area contributed by atoms with Gasteiger partial charge in [0.25, 0.3) is 0 Å². The fraction of sp³-hybridized carbons (Fsp3) is 0.500. The summed E-state index contributed by atoms with van der Waals surface area (Å²) in [6, 6.07) is 6.26. The van der Waals surface area contributed by atoms with Crippen LogP contribution in [0.1, 0.15) is 37.1 Å². The summed E-state index contributed by atoms with van der Waals surface area (Å²) in [5, 5.41) is 0. The molecule has 5 heteroatoms. The minimum atomic E-state index is -0.198. The Morgan fingerprint density at radius 2 is 2.19 bits per heavy atom. The molecule has 2 heterocycles. The molecule has 0 atom stereocenters. The lowest BCUT2D eigenvalue weighted by atomic mass is 9.96. The molecule has 1 aliphatic rings. The molecule has 1 aromatic heterocycles. The summed E-state index contributed by atoms with van der Waals surface area (Å²) in [6.45, 7) is 5.82. The molecule has 112 valence electrons. The van der Waals surface area contributed by atoms with Gasteiger partial charge in [-0.2, -0.15) is 0 Å². The van der Waals surface area contributed by atoms with Crippen LogP contribution in [0.25, 0.3) is 11.0 Å². The number of aryl methyl sites for hydroxylation is 1. The van der Waals surface area contributed by atoms with E-state index in [4.69, 9.17) is 9.72 Å². The van der Waals surface area contributed by atoms with Crippen LogP contribution < -0.4 is 0 Å². The minimum Gasteiger partial charge on any atom is -0.450 e. The maximum Gasteiger partial charge on any atom is 0.409 e. The number of imidazole rings is 1. The number of piperidine rings is 1. The number of nitrogens with one attached hydrogen (secondary N) is 1. The number of aromatic nitrogens is 2. The SMILES string of the molecule is CCOC(=O)N1CCC(c2nc3ccc(C)cc3[nH]2)CC1. The number of ether oxygens (including phenoxy) is 1. The van der Waals surface area contributed by atoms with E-state index < -0.39 is 0 Å². The number of amides is 1. The van der Waals surface area contributed by atoms with Crippen LogP contribution in [-0.4, -0.2) is 40.7 Å². The Bertz CT molecular complexity index is 642. The number of carbonyl (C=O) groups excluding carboxylic acids is 1. The molecule has 3 rings (SSSR count). The van der Waals surface area contributed by atoms with Gasteiger partial charge in [-0.05, 0) is 44.4 Å². The number of nitrogens with zero attached hydrogens (tertiary/aromatic N) is 2. The molecule has 0 aliphatic carbocycles. The van der Waals surface area contributed by atoms with E-state index in [-0.39, 0.29) is 6.09 Å². The van der Waals surface area contributed by atoms with E-state index in [1.165, 1.54) is 5.56 Å². The van der Waals surface area contributed by atoms with Crippen molar-refractivity contribution >= 4 is 17.1 Å². The van der Waals surface area contributed by atoms with Gasteiger partial charge >= 0.3 is 6.09 Å². The molecule has 0 bridgehead atoms. The standard InChI is InChI=1S/C16H21N3O2/c1-3-21-16(20)19-8-6-12(7-9-19)15-17-13-5-4-11(2)10-14(13)18-15/h4-5,10,12H,3,6-9H2,1-2H3,(H,17,18). The van der Waals surface area contributed by atoms with Crippen molar-refractivity contribution < 1.29 is 9.53 Å². The van der Waals surface area contributed by atoms with Crippen LogP contribution in [-0.2, 0) is 4.74 Å². The number of H-pyrrole nitrogens is 1. The van der Waals surface area contributed by atoms with Crippen LogP contribution in [0.15, 0.2) is 18.2 Å². The Kier molecular flexibility index (Phi) is 3.82. The zero-order valence-corrected chi connectivity index (χ0v) is 12.6. The van der Waals surface area contributed by atoms with E-state index in [9.17, 15) is 4.79 Å². The Labute approximate surface area is 124 Å². The smallest absolute Gasteiger partial charge is 0.409 e. The van der Waals surface area contributed by atoms with E-state index in [1.807, 2.05) is 6.92 Å². The number of rotatable bonds is 2. The van der Waals surface area contributed by atoms with Gasteiger partial charge in [0.2, 0.25) is 0 Å². The van der Waals surface area contributed by atoms with Gasteiger partial charge in [0.1, 0.15) is 5.82 Å². The zero-order valence-electron chi connectivity index (χ0n) is 12.6. The van der Waals surface area contributed by atoms with Gasteiger partial charge < -0.3 is 14.6 Å². The van der Waals surface area contributed by atoms with Crippen LogP contribution in [0.4, 0.5) is 4.79 Å². The van der Waals surface area contributed by atoms with Crippen molar-refractivity contribution in [1.82, 2.24) is 14.9 Å². The predicted octanol–water partition coefficient (Wildman–Crippen LogP) is 3.21. The lowest BCUT2D eigenvalue weighted by Gasteiger charge is -2.30. The molecule has 1 N–H and O–H groups in total. The molecule has 5 nitrogen and oxygen atoms in total. The third-order valence-electron chi connectivity index (χ3n) is 4.06. The highest BCUT2D eigenvalue weighted by Crippen LogP contribution is 2.28. The van der Waals surface area contributed by atoms with Crippen molar-refractivity contribution in [3.05, 3.63) is 29.6 Å². The fourth-order valence-electron chi connectivity index (χ4n) is 2.89. The van der Waals surface area contributed by atoms with Crippen molar-refractivity contribution in [2.24, 2.45) is 0 Å². The van der Waals surface area contributed by atoms with Crippen molar-refractivity contribution in [3.8, 4) is 0 Å². The minimum absolute atomic E-state index is 0.198.